The summed E-state index contributed by atoms with van der Waals surface area (Å²) in [5.41, 5.74) is 3.90. The lowest BCUT2D eigenvalue weighted by molar-refractivity contribution is 0.0948. The molecule has 1 saturated heterocycles. The summed E-state index contributed by atoms with van der Waals surface area (Å²) in [6.45, 7) is 8.76. The second kappa shape index (κ2) is 11.3. The standard InChI is InChI=1S/C28H30FN5O3S2/c1-19-7-8-20(2)26-25(19)31-28(38-26)34-17-15-33(16-18-34)14-13-30-27(35)23-5-3-4-6-24(23)32-39(36,37)22-11-9-21(29)10-12-22/h3-12,32H,13-18H2,1-2H3,(H,30,35). The minimum absolute atomic E-state index is 0.0885. The molecule has 4 aromatic rings. The van der Waals surface area contributed by atoms with Gasteiger partial charge in [-0.15, -0.1) is 0 Å². The Morgan fingerprint density at radius 3 is 2.38 bits per heavy atom. The van der Waals surface area contributed by atoms with Crippen LogP contribution in [0.25, 0.3) is 10.2 Å². The summed E-state index contributed by atoms with van der Waals surface area (Å²) >= 11 is 1.74. The van der Waals surface area contributed by atoms with Crippen molar-refractivity contribution in [1.82, 2.24) is 15.2 Å². The molecule has 0 spiro atoms. The molecule has 0 atom stereocenters. The summed E-state index contributed by atoms with van der Waals surface area (Å²) in [6.07, 6.45) is 0. The molecule has 5 rings (SSSR count). The number of para-hydroxylation sites is 1. The van der Waals surface area contributed by atoms with Crippen LogP contribution in [-0.4, -0.2) is 63.5 Å². The zero-order chi connectivity index (χ0) is 27.6. The fourth-order valence-corrected chi connectivity index (χ4v) is 6.80. The van der Waals surface area contributed by atoms with Gasteiger partial charge < -0.3 is 10.2 Å². The number of carbonyl (C=O) groups is 1. The van der Waals surface area contributed by atoms with E-state index in [0.29, 0.717) is 13.1 Å². The van der Waals surface area contributed by atoms with Crippen LogP contribution in [0, 0.1) is 19.7 Å². The van der Waals surface area contributed by atoms with Crippen molar-refractivity contribution in [2.45, 2.75) is 18.7 Å². The Hall–Kier alpha value is -3.54. The molecule has 1 fully saturated rings. The molecule has 1 aliphatic rings. The van der Waals surface area contributed by atoms with E-state index < -0.39 is 15.8 Å². The number of thiazole rings is 1. The number of rotatable bonds is 8. The molecular weight excluding hydrogens is 537 g/mol. The van der Waals surface area contributed by atoms with Gasteiger partial charge in [-0.3, -0.25) is 14.4 Å². The number of anilines is 2. The summed E-state index contributed by atoms with van der Waals surface area (Å²) < 4.78 is 42.4. The third-order valence-corrected chi connectivity index (χ3v) is 9.46. The number of halogens is 1. The quantitative estimate of drug-likeness (QED) is 0.328. The highest BCUT2D eigenvalue weighted by molar-refractivity contribution is 7.92. The molecule has 2 N–H and O–H groups in total. The molecule has 3 aromatic carbocycles. The smallest absolute Gasteiger partial charge is 0.261 e. The first-order chi connectivity index (χ1) is 18.7. The van der Waals surface area contributed by atoms with Gasteiger partial charge in [0.2, 0.25) is 0 Å². The van der Waals surface area contributed by atoms with Crippen LogP contribution in [0.4, 0.5) is 15.2 Å². The lowest BCUT2D eigenvalue weighted by atomic mass is 10.1. The molecule has 2 heterocycles. The van der Waals surface area contributed by atoms with Gasteiger partial charge in [0.25, 0.3) is 15.9 Å². The minimum atomic E-state index is -3.98. The number of nitrogens with zero attached hydrogens (tertiary/aromatic N) is 3. The average molecular weight is 568 g/mol. The van der Waals surface area contributed by atoms with Crippen LogP contribution in [0.3, 0.4) is 0 Å². The zero-order valence-electron chi connectivity index (χ0n) is 21.8. The van der Waals surface area contributed by atoms with Gasteiger partial charge in [0.05, 0.1) is 26.4 Å². The molecule has 0 aliphatic carbocycles. The molecule has 0 unspecified atom stereocenters. The van der Waals surface area contributed by atoms with Crippen molar-refractivity contribution in [3.8, 4) is 0 Å². The maximum absolute atomic E-state index is 13.2. The van der Waals surface area contributed by atoms with Crippen molar-refractivity contribution in [3.05, 3.63) is 83.2 Å². The van der Waals surface area contributed by atoms with Crippen molar-refractivity contribution >= 4 is 48.3 Å². The fourth-order valence-electron chi connectivity index (χ4n) is 4.56. The van der Waals surface area contributed by atoms with E-state index in [4.69, 9.17) is 4.98 Å². The molecule has 1 aliphatic heterocycles. The Morgan fingerprint density at radius 1 is 0.974 bits per heavy atom. The Bertz CT molecular complexity index is 1560. The van der Waals surface area contributed by atoms with Gasteiger partial charge in [0.15, 0.2) is 5.13 Å². The molecule has 0 bridgehead atoms. The lowest BCUT2D eigenvalue weighted by Gasteiger charge is -2.34. The van der Waals surface area contributed by atoms with Crippen LogP contribution in [0.15, 0.2) is 65.6 Å². The molecular formula is C28H30FN5O3S2. The summed E-state index contributed by atoms with van der Waals surface area (Å²) in [6, 6.07) is 15.2. The van der Waals surface area contributed by atoms with Gasteiger partial charge in [-0.1, -0.05) is 35.6 Å². The highest BCUT2D eigenvalue weighted by Crippen LogP contribution is 2.33. The lowest BCUT2D eigenvalue weighted by Crippen LogP contribution is -2.48. The molecule has 1 aromatic heterocycles. The molecule has 204 valence electrons. The van der Waals surface area contributed by atoms with Crippen LogP contribution < -0.4 is 14.9 Å². The van der Waals surface area contributed by atoms with Crippen molar-refractivity contribution < 1.29 is 17.6 Å². The number of carbonyl (C=O) groups excluding carboxylic acids is 1. The van der Waals surface area contributed by atoms with Crippen molar-refractivity contribution in [3.63, 3.8) is 0 Å². The van der Waals surface area contributed by atoms with E-state index in [9.17, 15) is 17.6 Å². The highest BCUT2D eigenvalue weighted by Gasteiger charge is 2.22. The van der Waals surface area contributed by atoms with Gasteiger partial charge in [-0.25, -0.2) is 17.8 Å². The normalized spacial score (nSPS) is 14.5. The molecule has 0 saturated carbocycles. The Morgan fingerprint density at radius 2 is 1.67 bits per heavy atom. The number of aromatic nitrogens is 1. The number of benzene rings is 3. The van der Waals surface area contributed by atoms with E-state index in [1.807, 2.05) is 0 Å². The van der Waals surface area contributed by atoms with Gasteiger partial charge in [0, 0.05) is 39.3 Å². The van der Waals surface area contributed by atoms with E-state index in [1.54, 1.807) is 29.5 Å². The predicted octanol–water partition coefficient (Wildman–Crippen LogP) is 4.41. The molecule has 0 radical (unpaired) electrons. The van der Waals surface area contributed by atoms with E-state index >= 15 is 0 Å². The van der Waals surface area contributed by atoms with Crippen molar-refractivity contribution in [2.24, 2.45) is 0 Å². The number of hydrogen-bond acceptors (Lipinski definition) is 7. The fraction of sp³-hybridized carbons (Fsp3) is 0.286. The molecule has 11 heteroatoms. The van der Waals surface area contributed by atoms with E-state index in [-0.39, 0.29) is 22.1 Å². The first kappa shape index (κ1) is 27.0. The van der Waals surface area contributed by atoms with E-state index in [2.05, 4.69) is 45.8 Å². The number of piperazine rings is 1. The van der Waals surface area contributed by atoms with Gasteiger partial charge in [-0.2, -0.15) is 0 Å². The number of hydrogen-bond donors (Lipinski definition) is 2. The third-order valence-electron chi connectivity index (χ3n) is 6.83. The number of aryl methyl sites for hydroxylation is 2. The summed E-state index contributed by atoms with van der Waals surface area (Å²) in [4.78, 5) is 22.4. The van der Waals surface area contributed by atoms with E-state index in [0.717, 1.165) is 49.0 Å². The predicted molar refractivity (Wildman–Crippen MR) is 154 cm³/mol. The Kier molecular flexibility index (Phi) is 7.83. The van der Waals surface area contributed by atoms with Crippen LogP contribution >= 0.6 is 11.3 Å². The summed E-state index contributed by atoms with van der Waals surface area (Å²) in [5, 5.41) is 3.95. The maximum atomic E-state index is 13.2. The van der Waals surface area contributed by atoms with Crippen molar-refractivity contribution in [1.29, 1.82) is 0 Å². The summed E-state index contributed by atoms with van der Waals surface area (Å²) in [5.74, 6) is -0.900. The van der Waals surface area contributed by atoms with E-state index in [1.165, 1.54) is 34.0 Å². The molecule has 8 nitrogen and oxygen atoms in total. The second-order valence-electron chi connectivity index (χ2n) is 9.56. The van der Waals surface area contributed by atoms with Crippen LogP contribution in [0.2, 0.25) is 0 Å². The number of fused-ring (bicyclic) bond motifs is 1. The maximum Gasteiger partial charge on any atom is 0.261 e. The monoisotopic (exact) mass is 567 g/mol. The van der Waals surface area contributed by atoms with Crippen LogP contribution in [0.5, 0.6) is 0 Å². The average Bonchev–Trinajstić information content (AvgIpc) is 3.39. The summed E-state index contributed by atoms with van der Waals surface area (Å²) in [7, 11) is -3.98. The van der Waals surface area contributed by atoms with Crippen molar-refractivity contribution in [2.75, 3.05) is 48.9 Å². The highest BCUT2D eigenvalue weighted by atomic mass is 32.2. The second-order valence-corrected chi connectivity index (χ2v) is 12.2. The topological polar surface area (TPSA) is 94.6 Å². The Balaban J connectivity index is 1.14. The van der Waals surface area contributed by atoms with Gasteiger partial charge in [0.1, 0.15) is 5.82 Å². The SMILES string of the molecule is Cc1ccc(C)c2sc(N3CCN(CCNC(=O)c4ccccc4NS(=O)(=O)c4ccc(F)cc4)CC3)nc12. The third kappa shape index (κ3) is 6.05. The Labute approximate surface area is 231 Å². The molecule has 39 heavy (non-hydrogen) atoms. The van der Waals surface area contributed by atoms with Crippen LogP contribution in [0.1, 0.15) is 21.5 Å². The molecule has 1 amide bonds. The number of amides is 1. The first-order valence-corrected chi connectivity index (χ1v) is 15.0. The largest absolute Gasteiger partial charge is 0.351 e. The first-order valence-electron chi connectivity index (χ1n) is 12.7. The zero-order valence-corrected chi connectivity index (χ0v) is 23.4. The minimum Gasteiger partial charge on any atom is -0.351 e. The van der Waals surface area contributed by atoms with Gasteiger partial charge in [-0.05, 0) is 61.4 Å². The number of nitrogens with one attached hydrogen (secondary N) is 2. The van der Waals surface area contributed by atoms with Gasteiger partial charge >= 0.3 is 0 Å². The van der Waals surface area contributed by atoms with Crippen LogP contribution in [-0.2, 0) is 10.0 Å². The number of sulfonamides is 1.